The van der Waals surface area contributed by atoms with Crippen LogP contribution in [0.1, 0.15) is 25.0 Å². The molecule has 1 N–H and O–H groups in total. The van der Waals surface area contributed by atoms with Gasteiger partial charge in [0.25, 0.3) is 0 Å². The third kappa shape index (κ3) is 2.92. The Morgan fingerprint density at radius 3 is 2.37 bits per heavy atom. The van der Waals surface area contributed by atoms with Crippen molar-refractivity contribution < 1.29 is 18.3 Å². The molecular weight excluding hydrogens is 255 g/mol. The van der Waals surface area contributed by atoms with Crippen molar-refractivity contribution in [1.82, 2.24) is 4.90 Å². The van der Waals surface area contributed by atoms with Crippen molar-refractivity contribution in [3.8, 4) is 0 Å². The third-order valence-corrected chi connectivity index (χ3v) is 3.79. The van der Waals surface area contributed by atoms with E-state index in [0.717, 1.165) is 6.07 Å². The molecule has 1 heterocycles. The number of hydrogen-bond donors (Lipinski definition) is 1. The summed E-state index contributed by atoms with van der Waals surface area (Å²) in [6.45, 7) is 4.92. The van der Waals surface area contributed by atoms with Gasteiger partial charge in [0.05, 0.1) is 11.2 Å². The zero-order valence-corrected chi connectivity index (χ0v) is 11.0. The Hall–Kier alpha value is -1.07. The van der Waals surface area contributed by atoms with Gasteiger partial charge in [-0.15, -0.1) is 0 Å². The largest absolute Gasteiger partial charge is 0.416 e. The van der Waals surface area contributed by atoms with E-state index in [2.05, 4.69) is 0 Å². The van der Waals surface area contributed by atoms with E-state index in [0.29, 0.717) is 13.1 Å². The van der Waals surface area contributed by atoms with Crippen molar-refractivity contribution in [2.24, 2.45) is 5.92 Å². The van der Waals surface area contributed by atoms with E-state index in [9.17, 15) is 18.3 Å². The lowest BCUT2D eigenvalue weighted by molar-refractivity contribution is -0.142. The quantitative estimate of drug-likeness (QED) is 0.915. The Morgan fingerprint density at radius 2 is 1.84 bits per heavy atom. The highest BCUT2D eigenvalue weighted by Crippen LogP contribution is 2.35. The summed E-state index contributed by atoms with van der Waals surface area (Å²) in [5.41, 5.74) is -1.08. The number of rotatable bonds is 3. The lowest BCUT2D eigenvalue weighted by Gasteiger charge is -2.49. The highest BCUT2D eigenvalue weighted by Gasteiger charge is 2.44. The Morgan fingerprint density at radius 1 is 1.26 bits per heavy atom. The first-order chi connectivity index (χ1) is 8.72. The molecule has 0 bridgehead atoms. The van der Waals surface area contributed by atoms with Crippen LogP contribution in [0, 0.1) is 5.92 Å². The smallest absolute Gasteiger partial charge is 0.387 e. The summed E-state index contributed by atoms with van der Waals surface area (Å²) in [5, 5.41) is 10.1. The van der Waals surface area contributed by atoms with Gasteiger partial charge in [0.2, 0.25) is 0 Å². The van der Waals surface area contributed by atoms with Crippen molar-refractivity contribution in [2.75, 3.05) is 13.1 Å². The number of aliphatic hydroxyl groups is 1. The highest BCUT2D eigenvalue weighted by atomic mass is 19.4. The maximum absolute atomic E-state index is 12.8. The average molecular weight is 273 g/mol. The van der Waals surface area contributed by atoms with Crippen LogP contribution in [0.25, 0.3) is 0 Å². The van der Waals surface area contributed by atoms with E-state index in [4.69, 9.17) is 0 Å². The van der Waals surface area contributed by atoms with Crippen LogP contribution in [0.15, 0.2) is 24.3 Å². The molecule has 0 unspecified atom stereocenters. The summed E-state index contributed by atoms with van der Waals surface area (Å²) in [6.07, 6.45) is -4.32. The topological polar surface area (TPSA) is 23.5 Å². The number of hydrogen-bond acceptors (Lipinski definition) is 2. The molecule has 5 heteroatoms. The van der Waals surface area contributed by atoms with E-state index in [1.807, 2.05) is 18.7 Å². The molecule has 1 aromatic carbocycles. The van der Waals surface area contributed by atoms with Gasteiger partial charge in [0, 0.05) is 19.6 Å². The second-order valence-electron chi connectivity index (χ2n) is 5.56. The minimum Gasteiger partial charge on any atom is -0.387 e. The summed E-state index contributed by atoms with van der Waals surface area (Å²) in [7, 11) is 0. The molecule has 2 rings (SSSR count). The van der Waals surface area contributed by atoms with Crippen LogP contribution in [0.4, 0.5) is 13.2 Å². The molecule has 19 heavy (non-hydrogen) atoms. The van der Waals surface area contributed by atoms with Crippen molar-refractivity contribution in [3.05, 3.63) is 35.4 Å². The monoisotopic (exact) mass is 273 g/mol. The van der Waals surface area contributed by atoms with E-state index in [1.54, 1.807) is 6.07 Å². The van der Waals surface area contributed by atoms with Crippen LogP contribution >= 0.6 is 0 Å². The van der Waals surface area contributed by atoms with Crippen LogP contribution in [0.5, 0.6) is 0 Å². The zero-order valence-electron chi connectivity index (χ0n) is 11.0. The highest BCUT2D eigenvalue weighted by molar-refractivity contribution is 5.30. The molecule has 0 atom stereocenters. The van der Waals surface area contributed by atoms with Gasteiger partial charge in [-0.1, -0.05) is 32.0 Å². The van der Waals surface area contributed by atoms with Crippen molar-refractivity contribution in [3.63, 3.8) is 0 Å². The molecule has 0 saturated carbocycles. The molecule has 1 aliphatic rings. The first-order valence-corrected chi connectivity index (χ1v) is 6.32. The molecule has 1 fully saturated rings. The van der Waals surface area contributed by atoms with Crippen molar-refractivity contribution in [1.29, 1.82) is 0 Å². The van der Waals surface area contributed by atoms with Crippen LogP contribution in [0.3, 0.4) is 0 Å². The second kappa shape index (κ2) is 4.80. The lowest BCUT2D eigenvalue weighted by atomic mass is 9.82. The molecule has 2 nitrogen and oxygen atoms in total. The summed E-state index contributed by atoms with van der Waals surface area (Å²) in [6, 6.07) is 5.60. The molecule has 0 aliphatic carbocycles. The van der Waals surface area contributed by atoms with Gasteiger partial charge >= 0.3 is 6.18 Å². The molecule has 0 radical (unpaired) electrons. The predicted octanol–water partition coefficient (Wildman–Crippen LogP) is 2.91. The van der Waals surface area contributed by atoms with Crippen molar-refractivity contribution >= 4 is 0 Å². The third-order valence-electron chi connectivity index (χ3n) is 3.79. The number of likely N-dealkylation sites (tertiary alicyclic amines) is 1. The molecular formula is C14H18F3NO. The van der Waals surface area contributed by atoms with Crippen molar-refractivity contribution in [2.45, 2.75) is 32.2 Å². The summed E-state index contributed by atoms with van der Waals surface area (Å²) < 4.78 is 38.5. The van der Waals surface area contributed by atoms with Crippen LogP contribution < -0.4 is 0 Å². The van der Waals surface area contributed by atoms with Gasteiger partial charge in [0.1, 0.15) is 0 Å². The molecule has 1 aromatic rings. The van der Waals surface area contributed by atoms with Gasteiger partial charge in [-0.05, 0) is 17.5 Å². The second-order valence-corrected chi connectivity index (χ2v) is 5.56. The summed E-state index contributed by atoms with van der Waals surface area (Å²) in [4.78, 5) is 1.84. The Kier molecular flexibility index (Phi) is 3.62. The molecule has 0 amide bonds. The normalized spacial score (nSPS) is 19.5. The number of halogens is 3. The zero-order chi connectivity index (χ0) is 14.3. The lowest BCUT2D eigenvalue weighted by Crippen LogP contribution is -2.63. The summed E-state index contributed by atoms with van der Waals surface area (Å²) in [5.74, 6) is 0.113. The molecule has 0 aromatic heterocycles. The number of β-amino-alcohol motifs (C(OH)–C–C–N with tert-alkyl or cyclic N) is 1. The fraction of sp³-hybridized carbons (Fsp3) is 0.571. The van der Waals surface area contributed by atoms with E-state index < -0.39 is 17.3 Å². The van der Waals surface area contributed by atoms with Gasteiger partial charge < -0.3 is 5.11 Å². The maximum Gasteiger partial charge on any atom is 0.416 e. The molecule has 0 spiro atoms. The summed E-state index contributed by atoms with van der Waals surface area (Å²) >= 11 is 0. The number of alkyl halides is 3. The standard InChI is InChI=1S/C14H18F3NO/c1-10(2)13(19)8-18(9-13)7-11-5-3-4-6-12(11)14(15,16)17/h3-6,10,19H,7-9H2,1-2H3. The first-order valence-electron chi connectivity index (χ1n) is 6.32. The number of benzene rings is 1. The van der Waals surface area contributed by atoms with Crippen LogP contribution in [-0.2, 0) is 12.7 Å². The minimum absolute atomic E-state index is 0.113. The fourth-order valence-corrected chi connectivity index (χ4v) is 2.38. The first kappa shape index (κ1) is 14.3. The van der Waals surface area contributed by atoms with Gasteiger partial charge in [-0.25, -0.2) is 0 Å². The average Bonchev–Trinajstić information content (AvgIpc) is 2.25. The van der Waals surface area contributed by atoms with E-state index >= 15 is 0 Å². The van der Waals surface area contributed by atoms with Crippen LogP contribution in [0.2, 0.25) is 0 Å². The predicted molar refractivity (Wildman–Crippen MR) is 66.5 cm³/mol. The van der Waals surface area contributed by atoms with Gasteiger partial charge in [-0.3, -0.25) is 4.90 Å². The van der Waals surface area contributed by atoms with Crippen LogP contribution in [-0.4, -0.2) is 28.7 Å². The minimum atomic E-state index is -4.32. The SMILES string of the molecule is CC(C)C1(O)CN(Cc2ccccc2C(F)(F)F)C1. The number of nitrogens with zero attached hydrogens (tertiary/aromatic N) is 1. The molecule has 1 saturated heterocycles. The Labute approximate surface area is 110 Å². The molecule has 106 valence electrons. The molecule has 1 aliphatic heterocycles. The van der Waals surface area contributed by atoms with Gasteiger partial charge in [0.15, 0.2) is 0 Å². The van der Waals surface area contributed by atoms with E-state index in [1.165, 1.54) is 12.1 Å². The Bertz CT molecular complexity index is 450. The fourth-order valence-electron chi connectivity index (χ4n) is 2.38. The maximum atomic E-state index is 12.8. The van der Waals surface area contributed by atoms with E-state index in [-0.39, 0.29) is 18.0 Å². The van der Waals surface area contributed by atoms with Gasteiger partial charge in [-0.2, -0.15) is 13.2 Å². The Balaban J connectivity index is 2.07.